The molecule has 0 aromatic heterocycles. The van der Waals surface area contributed by atoms with Crippen LogP contribution in [0.1, 0.15) is 56.2 Å². The Balaban J connectivity index is 1.31. The predicted octanol–water partition coefficient (Wildman–Crippen LogP) is 8.51. The quantitative estimate of drug-likeness (QED) is 0.181. The van der Waals surface area contributed by atoms with Crippen LogP contribution in [0.15, 0.2) is 95.8 Å². The maximum absolute atomic E-state index is 13.9. The summed E-state index contributed by atoms with van der Waals surface area (Å²) < 4.78 is 32.1. The Morgan fingerprint density at radius 2 is 1.62 bits per heavy atom. The van der Waals surface area contributed by atoms with E-state index in [-0.39, 0.29) is 24.3 Å². The second-order valence-corrected chi connectivity index (χ2v) is 15.6. The lowest BCUT2D eigenvalue weighted by Gasteiger charge is -2.44. The molecule has 6 bridgehead atoms. The molecule has 2 unspecified atom stereocenters. The average molecular weight is 761 g/mol. The van der Waals surface area contributed by atoms with Gasteiger partial charge in [0.2, 0.25) is 0 Å². The van der Waals surface area contributed by atoms with E-state index in [1.54, 1.807) is 33.5 Å². The Bertz CT molecular complexity index is 2180. The summed E-state index contributed by atoms with van der Waals surface area (Å²) >= 11 is 6.53. The molecule has 9 heteroatoms. The van der Waals surface area contributed by atoms with Crippen molar-refractivity contribution in [3.8, 4) is 23.0 Å². The van der Waals surface area contributed by atoms with Crippen LogP contribution in [0.2, 0.25) is 5.02 Å². The van der Waals surface area contributed by atoms with Crippen molar-refractivity contribution in [2.24, 2.45) is 0 Å². The Morgan fingerprint density at radius 1 is 0.855 bits per heavy atom. The summed E-state index contributed by atoms with van der Waals surface area (Å²) in [6, 6.07) is 24.2. The molecule has 0 saturated heterocycles. The van der Waals surface area contributed by atoms with E-state index in [1.165, 1.54) is 22.3 Å². The number of Topliss-reactive ketones (excluding diaryl/α,β-unsaturated/α-hetero) is 1. The first kappa shape index (κ1) is 37.3. The first-order valence-electron chi connectivity index (χ1n) is 19.1. The minimum atomic E-state index is -0.466. The lowest BCUT2D eigenvalue weighted by Crippen LogP contribution is -2.50. The van der Waals surface area contributed by atoms with E-state index in [4.69, 9.17) is 35.3 Å². The minimum Gasteiger partial charge on any atom is -0.498 e. The fourth-order valence-electron chi connectivity index (χ4n) is 8.90. The molecule has 0 amide bonds. The highest BCUT2D eigenvalue weighted by Gasteiger charge is 2.43. The Morgan fingerprint density at radius 3 is 2.36 bits per heavy atom. The summed E-state index contributed by atoms with van der Waals surface area (Å²) in [7, 11) is 9.44. The molecule has 0 saturated carbocycles. The van der Waals surface area contributed by atoms with E-state index in [9.17, 15) is 4.79 Å². The smallest absolute Gasteiger partial charge is 0.169 e. The van der Waals surface area contributed by atoms with Crippen molar-refractivity contribution >= 4 is 17.4 Å². The third-order valence-corrected chi connectivity index (χ3v) is 12.3. The van der Waals surface area contributed by atoms with Crippen LogP contribution >= 0.6 is 11.6 Å². The van der Waals surface area contributed by atoms with Crippen molar-refractivity contribution < 1.29 is 28.5 Å². The maximum Gasteiger partial charge on any atom is 0.169 e. The zero-order valence-electron chi connectivity index (χ0n) is 32.5. The summed E-state index contributed by atoms with van der Waals surface area (Å²) in [6.45, 7) is 3.97. The molecule has 4 aliphatic heterocycles. The second kappa shape index (κ2) is 15.5. The van der Waals surface area contributed by atoms with E-state index in [0.717, 1.165) is 66.1 Å². The van der Waals surface area contributed by atoms with Gasteiger partial charge in [-0.1, -0.05) is 41.9 Å². The van der Waals surface area contributed by atoms with E-state index < -0.39 is 12.2 Å². The number of hydrogen-bond donors (Lipinski definition) is 0. The number of nitrogens with zero attached hydrogens (tertiary/aromatic N) is 2. The van der Waals surface area contributed by atoms with Crippen LogP contribution in [-0.4, -0.2) is 82.3 Å². The SMILES string of the molecule is COC1=CC2=C3C(Oc4cc5c(cc4C)CCN(C)[C@H]5Cc4ccc(cc4)Oc4cc(c(CC(=O)c5ccccc5Cl)cc4OC)C[C@@H]3N(C)CC2)C1OC. The molecule has 4 heterocycles. The van der Waals surface area contributed by atoms with Crippen molar-refractivity contribution in [3.05, 3.63) is 140 Å². The van der Waals surface area contributed by atoms with Crippen molar-refractivity contribution in [2.45, 2.75) is 63.3 Å². The number of ether oxygens (including phenoxy) is 5. The maximum atomic E-state index is 13.9. The fourth-order valence-corrected chi connectivity index (χ4v) is 9.14. The van der Waals surface area contributed by atoms with Gasteiger partial charge in [-0.2, -0.15) is 0 Å². The van der Waals surface area contributed by atoms with Gasteiger partial charge in [-0.05, 0) is 140 Å². The Hall–Kier alpha value is -4.60. The van der Waals surface area contributed by atoms with Crippen molar-refractivity contribution in [3.63, 3.8) is 0 Å². The molecule has 5 aliphatic rings. The number of halogens is 1. The number of allylic oxidation sites excluding steroid dienone is 1. The van der Waals surface area contributed by atoms with Crippen LogP contribution in [-0.2, 0) is 35.2 Å². The molecule has 0 fully saturated rings. The van der Waals surface area contributed by atoms with E-state index >= 15 is 0 Å². The van der Waals surface area contributed by atoms with Gasteiger partial charge in [-0.25, -0.2) is 0 Å². The number of rotatable bonds is 6. The van der Waals surface area contributed by atoms with Crippen molar-refractivity contribution in [2.75, 3.05) is 48.5 Å². The standard InChI is InChI=1S/C46H49ClN2O6/c1-27-19-29-15-17-48(2)37-20-28-11-13-33(14-12-28)54-42-25-31(32(24-41(42)51-4)22-39(50)34-9-7-8-10-36(34)47)21-38-44-30(16-18-49(38)3)23-43(52-5)45(53-6)46(44)55-40(27)26-35(29)37/h7-14,19,23-26,37-38,45-46H,15-18,20-22H2,1-6H3/t37-,38-,45?,46?/m0/s1. The Labute approximate surface area is 329 Å². The van der Waals surface area contributed by atoms with Crippen LogP contribution in [0.5, 0.6) is 23.0 Å². The molecule has 55 heavy (non-hydrogen) atoms. The number of fused-ring (bicyclic) bond motifs is 2. The van der Waals surface area contributed by atoms with Gasteiger partial charge in [0.15, 0.2) is 29.5 Å². The van der Waals surface area contributed by atoms with Crippen molar-refractivity contribution in [1.29, 1.82) is 0 Å². The third kappa shape index (κ3) is 7.17. The average Bonchev–Trinajstić information content (AvgIpc) is 3.18. The van der Waals surface area contributed by atoms with Gasteiger partial charge in [0.05, 0.1) is 19.2 Å². The first-order valence-corrected chi connectivity index (χ1v) is 19.5. The molecule has 4 aromatic carbocycles. The zero-order chi connectivity index (χ0) is 38.4. The largest absolute Gasteiger partial charge is 0.498 e. The monoisotopic (exact) mass is 760 g/mol. The molecule has 4 aromatic rings. The molecule has 286 valence electrons. The molecule has 0 radical (unpaired) electrons. The molecule has 9 rings (SSSR count). The predicted molar refractivity (Wildman–Crippen MR) is 215 cm³/mol. The third-order valence-electron chi connectivity index (χ3n) is 12.0. The van der Waals surface area contributed by atoms with E-state index in [2.05, 4.69) is 61.2 Å². The molecule has 1 aliphatic carbocycles. The van der Waals surface area contributed by atoms with Crippen LogP contribution in [0, 0.1) is 6.92 Å². The molecule has 0 spiro atoms. The highest BCUT2D eigenvalue weighted by Crippen LogP contribution is 2.43. The van der Waals surface area contributed by atoms with E-state index in [1.807, 2.05) is 36.4 Å². The number of likely N-dealkylation sites (N-methyl/N-ethyl adjacent to an activating group) is 2. The number of hydrogen-bond acceptors (Lipinski definition) is 8. The van der Waals surface area contributed by atoms with Crippen LogP contribution in [0.3, 0.4) is 0 Å². The van der Waals surface area contributed by atoms with Gasteiger partial charge in [0.1, 0.15) is 17.3 Å². The first-order chi connectivity index (χ1) is 26.6. The van der Waals surface area contributed by atoms with Crippen LogP contribution in [0.4, 0.5) is 0 Å². The fraction of sp³-hybridized carbons (Fsp3) is 0.370. The summed E-state index contributed by atoms with van der Waals surface area (Å²) in [5.74, 6) is 3.39. The molecule has 0 N–H and O–H groups in total. The summed E-state index contributed by atoms with van der Waals surface area (Å²) in [4.78, 5) is 18.7. The lowest BCUT2D eigenvalue weighted by atomic mass is 9.79. The second-order valence-electron chi connectivity index (χ2n) is 15.2. The number of carbonyl (C=O) groups excluding carboxylic acids is 1. The highest BCUT2D eigenvalue weighted by atomic mass is 35.5. The van der Waals surface area contributed by atoms with Gasteiger partial charge in [-0.15, -0.1) is 0 Å². The number of carbonyl (C=O) groups is 1. The summed E-state index contributed by atoms with van der Waals surface area (Å²) in [5.41, 5.74) is 9.65. The summed E-state index contributed by atoms with van der Waals surface area (Å²) in [5, 5.41) is 0.434. The topological polar surface area (TPSA) is 69.7 Å². The summed E-state index contributed by atoms with van der Waals surface area (Å²) in [6.07, 6.45) is 4.62. The van der Waals surface area contributed by atoms with Crippen molar-refractivity contribution in [1.82, 2.24) is 9.80 Å². The minimum absolute atomic E-state index is 0.0673. The highest BCUT2D eigenvalue weighted by molar-refractivity contribution is 6.34. The van der Waals surface area contributed by atoms with Gasteiger partial charge in [0.25, 0.3) is 0 Å². The number of aryl methyl sites for hydroxylation is 1. The van der Waals surface area contributed by atoms with Gasteiger partial charge >= 0.3 is 0 Å². The van der Waals surface area contributed by atoms with Gasteiger partial charge in [-0.3, -0.25) is 14.6 Å². The zero-order valence-corrected chi connectivity index (χ0v) is 33.2. The number of methoxy groups -OCH3 is 3. The van der Waals surface area contributed by atoms with Crippen LogP contribution < -0.4 is 14.2 Å². The molecule has 4 atom stereocenters. The molecular weight excluding hydrogens is 712 g/mol. The van der Waals surface area contributed by atoms with Gasteiger partial charge in [0, 0.05) is 44.3 Å². The lowest BCUT2D eigenvalue weighted by molar-refractivity contribution is -0.00129. The number of benzene rings is 4. The Kier molecular flexibility index (Phi) is 10.5. The van der Waals surface area contributed by atoms with E-state index in [0.29, 0.717) is 34.3 Å². The van der Waals surface area contributed by atoms with Gasteiger partial charge < -0.3 is 23.7 Å². The normalized spacial score (nSPS) is 22.4. The molecular formula is C46H49ClN2O6. The molecule has 8 nitrogen and oxygen atoms in total. The van der Waals surface area contributed by atoms with Crippen LogP contribution in [0.25, 0.3) is 0 Å². The number of ketones is 1.